The van der Waals surface area contributed by atoms with Crippen molar-refractivity contribution in [2.45, 2.75) is 39.2 Å². The van der Waals surface area contributed by atoms with Gasteiger partial charge in [-0.2, -0.15) is 4.98 Å². The fraction of sp³-hybridized carbons (Fsp3) is 0.500. The first kappa shape index (κ1) is 25.4. The number of benzene rings is 1. The fourth-order valence-electron chi connectivity index (χ4n) is 5.34. The second kappa shape index (κ2) is 10.1. The van der Waals surface area contributed by atoms with Crippen LogP contribution in [0.1, 0.15) is 39.2 Å². The van der Waals surface area contributed by atoms with Crippen LogP contribution in [0.3, 0.4) is 0 Å². The van der Waals surface area contributed by atoms with Gasteiger partial charge in [-0.25, -0.2) is 9.37 Å². The van der Waals surface area contributed by atoms with Crippen LogP contribution in [-0.2, 0) is 4.79 Å². The Kier molecular flexibility index (Phi) is 7.33. The lowest BCUT2D eigenvalue weighted by molar-refractivity contribution is -0.121. The zero-order valence-electron chi connectivity index (χ0n) is 20.6. The van der Waals surface area contributed by atoms with Crippen LogP contribution >= 0.6 is 12.4 Å². The van der Waals surface area contributed by atoms with Crippen LogP contribution in [0.4, 0.5) is 10.3 Å². The van der Waals surface area contributed by atoms with Gasteiger partial charge in [-0.05, 0) is 37.0 Å². The van der Waals surface area contributed by atoms with Crippen molar-refractivity contribution in [2.24, 2.45) is 11.3 Å². The van der Waals surface area contributed by atoms with E-state index in [1.54, 1.807) is 19.2 Å². The van der Waals surface area contributed by atoms with Crippen molar-refractivity contribution in [3.63, 3.8) is 0 Å². The summed E-state index contributed by atoms with van der Waals surface area (Å²) in [6.45, 7) is 8.14. The molecule has 7 nitrogen and oxygen atoms in total. The first-order valence-electron chi connectivity index (χ1n) is 12.2. The van der Waals surface area contributed by atoms with Gasteiger partial charge < -0.3 is 20.1 Å². The molecule has 3 aromatic rings. The normalized spacial score (nSPS) is 17.5. The maximum Gasteiger partial charge on any atom is 0.227 e. The van der Waals surface area contributed by atoms with E-state index in [1.165, 1.54) is 6.07 Å². The molecular weight excluding hydrogens is 467 g/mol. The topological polar surface area (TPSA) is 75.1 Å². The largest absolute Gasteiger partial charge is 0.359 e. The van der Waals surface area contributed by atoms with E-state index in [4.69, 9.17) is 9.97 Å². The maximum absolute atomic E-state index is 14.9. The third kappa shape index (κ3) is 4.86. The summed E-state index contributed by atoms with van der Waals surface area (Å²) in [5, 5.41) is 6.95. The number of amides is 1. The van der Waals surface area contributed by atoms with Crippen LogP contribution in [0.5, 0.6) is 0 Å². The van der Waals surface area contributed by atoms with Gasteiger partial charge in [0.15, 0.2) is 0 Å². The number of rotatable bonds is 7. The van der Waals surface area contributed by atoms with Gasteiger partial charge in [0.25, 0.3) is 0 Å². The van der Waals surface area contributed by atoms with Crippen LogP contribution in [-0.4, -0.2) is 53.7 Å². The first-order chi connectivity index (χ1) is 16.4. The van der Waals surface area contributed by atoms with E-state index in [9.17, 15) is 9.18 Å². The van der Waals surface area contributed by atoms with Crippen LogP contribution in [0.15, 0.2) is 36.5 Å². The summed E-state index contributed by atoms with van der Waals surface area (Å²) in [7, 11) is 1.66. The van der Waals surface area contributed by atoms with Crippen molar-refractivity contribution < 1.29 is 9.18 Å². The third-order valence-corrected chi connectivity index (χ3v) is 7.25. The predicted molar refractivity (Wildman–Crippen MR) is 139 cm³/mol. The average Bonchev–Trinajstić information content (AvgIpc) is 3.43. The minimum absolute atomic E-state index is 0. The van der Waals surface area contributed by atoms with Gasteiger partial charge in [-0.1, -0.05) is 26.0 Å². The summed E-state index contributed by atoms with van der Waals surface area (Å²) < 4.78 is 17.0. The van der Waals surface area contributed by atoms with Crippen molar-refractivity contribution >= 4 is 35.3 Å². The highest BCUT2D eigenvalue weighted by Crippen LogP contribution is 2.38. The van der Waals surface area contributed by atoms with Crippen LogP contribution in [0.25, 0.3) is 22.3 Å². The molecule has 1 atom stereocenters. The van der Waals surface area contributed by atoms with Gasteiger partial charge in [-0.3, -0.25) is 4.79 Å². The average molecular weight is 501 g/mol. The zero-order chi connectivity index (χ0) is 23.9. The number of carbonyl (C=O) groups excluding carboxylic acids is 1. The van der Waals surface area contributed by atoms with E-state index in [-0.39, 0.29) is 35.6 Å². The summed E-state index contributed by atoms with van der Waals surface area (Å²) >= 11 is 0. The molecule has 2 aromatic heterocycles. The van der Waals surface area contributed by atoms with Crippen LogP contribution < -0.4 is 15.5 Å². The lowest BCUT2D eigenvalue weighted by atomic mass is 9.81. The number of fused-ring (bicyclic) bond motifs is 1. The molecule has 1 spiro atoms. The van der Waals surface area contributed by atoms with Crippen molar-refractivity contribution in [2.75, 3.05) is 38.1 Å². The summed E-state index contributed by atoms with van der Waals surface area (Å²) in [6.07, 6.45) is 4.28. The molecule has 188 valence electrons. The Morgan fingerprint density at radius 3 is 2.63 bits per heavy atom. The number of aromatic nitrogens is 3. The van der Waals surface area contributed by atoms with Gasteiger partial charge in [0.2, 0.25) is 11.9 Å². The lowest BCUT2D eigenvalue weighted by Gasteiger charge is -2.39. The Hall–Kier alpha value is -2.71. The molecule has 35 heavy (non-hydrogen) atoms. The summed E-state index contributed by atoms with van der Waals surface area (Å²) in [6, 6.07) is 8.68. The minimum atomic E-state index is -0.300. The molecule has 0 saturated carbocycles. The predicted octanol–water partition coefficient (Wildman–Crippen LogP) is 4.18. The molecule has 9 heteroatoms. The Balaban J connectivity index is 0.00000289. The molecule has 2 aliphatic heterocycles. The van der Waals surface area contributed by atoms with Crippen LogP contribution in [0.2, 0.25) is 0 Å². The van der Waals surface area contributed by atoms with Crippen LogP contribution in [0, 0.1) is 17.2 Å². The summed E-state index contributed by atoms with van der Waals surface area (Å²) in [4.78, 5) is 24.5. The number of nitrogens with zero attached hydrogens (tertiary/aromatic N) is 4. The van der Waals surface area contributed by atoms with Gasteiger partial charge in [0, 0.05) is 68.3 Å². The highest BCUT2D eigenvalue weighted by Gasteiger charge is 2.43. The van der Waals surface area contributed by atoms with E-state index in [0.717, 1.165) is 50.1 Å². The quantitative estimate of drug-likeness (QED) is 0.509. The second-order valence-electron chi connectivity index (χ2n) is 10.2. The number of nitrogens with one attached hydrogen (secondary N) is 2. The van der Waals surface area contributed by atoms with E-state index in [2.05, 4.69) is 33.9 Å². The van der Waals surface area contributed by atoms with Gasteiger partial charge in [0.1, 0.15) is 11.5 Å². The van der Waals surface area contributed by atoms with E-state index < -0.39 is 0 Å². The molecule has 0 aliphatic carbocycles. The van der Waals surface area contributed by atoms with Gasteiger partial charge in [-0.15, -0.1) is 12.4 Å². The molecule has 2 fully saturated rings. The highest BCUT2D eigenvalue weighted by atomic mass is 35.5. The monoisotopic (exact) mass is 500 g/mol. The van der Waals surface area contributed by atoms with E-state index in [1.807, 2.05) is 18.3 Å². The Morgan fingerprint density at radius 2 is 2.00 bits per heavy atom. The number of hydrogen-bond donors (Lipinski definition) is 2. The Morgan fingerprint density at radius 1 is 1.23 bits per heavy atom. The minimum Gasteiger partial charge on any atom is -0.359 e. The number of anilines is 1. The molecule has 0 bridgehead atoms. The molecule has 0 radical (unpaired) electrons. The molecular formula is C26H34ClFN6O. The zero-order valence-corrected chi connectivity index (χ0v) is 21.4. The molecule has 1 amide bonds. The Bertz CT molecular complexity index is 1210. The van der Waals surface area contributed by atoms with E-state index in [0.29, 0.717) is 29.5 Å². The molecule has 2 N–H and O–H groups in total. The summed E-state index contributed by atoms with van der Waals surface area (Å²) in [5.74, 6) is 0.739. The van der Waals surface area contributed by atoms with Gasteiger partial charge in [0.05, 0.1) is 5.69 Å². The summed E-state index contributed by atoms with van der Waals surface area (Å²) in [5.41, 5.74) is 2.12. The molecule has 4 heterocycles. The number of carbonyl (C=O) groups is 1. The van der Waals surface area contributed by atoms with Crippen molar-refractivity contribution in [3.8, 4) is 11.3 Å². The highest BCUT2D eigenvalue weighted by molar-refractivity contribution is 5.92. The van der Waals surface area contributed by atoms with Crippen molar-refractivity contribution in [1.29, 1.82) is 0 Å². The SMILES string of the molecule is CNC(=O)C[C@H](CC(C)C)n1ccc2c(-c3ccccc3F)nc(N3CCC4(CNC4)C3)nc21.Cl. The second-order valence-corrected chi connectivity index (χ2v) is 10.2. The molecule has 2 aliphatic rings. The maximum atomic E-state index is 14.9. The molecule has 2 saturated heterocycles. The third-order valence-electron chi connectivity index (χ3n) is 7.25. The Labute approximate surface area is 211 Å². The lowest BCUT2D eigenvalue weighted by Crippen LogP contribution is -2.54. The van der Waals surface area contributed by atoms with Gasteiger partial charge >= 0.3 is 0 Å². The standard InChI is InChI=1S/C26H33FN6O.ClH/c1-17(2)12-18(13-22(34)28-3)33-10-8-20-23(19-6-4-5-7-21(19)27)30-25(31-24(20)33)32-11-9-26(16-32)14-29-15-26;/h4-8,10,17-18,29H,9,11-16H2,1-3H3,(H,28,34);1H/t18-;/m0./s1. The molecule has 1 aromatic carbocycles. The number of halogens is 2. The molecule has 0 unspecified atom stereocenters. The number of hydrogen-bond acceptors (Lipinski definition) is 5. The molecule has 5 rings (SSSR count). The first-order valence-corrected chi connectivity index (χ1v) is 12.2. The fourth-order valence-corrected chi connectivity index (χ4v) is 5.34. The van der Waals surface area contributed by atoms with E-state index >= 15 is 0 Å². The smallest absolute Gasteiger partial charge is 0.227 e. The van der Waals surface area contributed by atoms with Crippen molar-refractivity contribution in [1.82, 2.24) is 25.2 Å². The van der Waals surface area contributed by atoms with Crippen molar-refractivity contribution in [3.05, 3.63) is 42.3 Å².